The Morgan fingerprint density at radius 1 is 0.524 bits per heavy atom. The minimum atomic E-state index is -0.0653. The smallest absolute Gasteiger partial charge is 0.872 e. The van der Waals surface area contributed by atoms with E-state index in [0.29, 0.717) is 22.5 Å². The SMILES string of the molecule is COc1cc(C)nc2c([O-])cccc12.COc1cc(C)nc2c([O-])cccc12.[Al+3].[O-]c1ccc(-c2ccccc2)cc1. The van der Waals surface area contributed by atoms with Gasteiger partial charge in [0.2, 0.25) is 0 Å². The van der Waals surface area contributed by atoms with Gasteiger partial charge in [-0.3, -0.25) is 9.97 Å². The number of para-hydroxylation sites is 2. The second-order valence-electron chi connectivity index (χ2n) is 9.13. The van der Waals surface area contributed by atoms with E-state index in [-0.39, 0.29) is 34.6 Å². The number of ether oxygens (including phenoxy) is 2. The number of hydrogen-bond donors (Lipinski definition) is 0. The van der Waals surface area contributed by atoms with Crippen LogP contribution in [0.1, 0.15) is 11.4 Å². The van der Waals surface area contributed by atoms with Crippen molar-refractivity contribution in [1.29, 1.82) is 0 Å². The van der Waals surface area contributed by atoms with Crippen LogP contribution in [0.5, 0.6) is 28.7 Å². The van der Waals surface area contributed by atoms with Gasteiger partial charge >= 0.3 is 17.4 Å². The van der Waals surface area contributed by atoms with Crippen LogP contribution in [0.2, 0.25) is 0 Å². The summed E-state index contributed by atoms with van der Waals surface area (Å²) in [6, 6.07) is 30.6. The molecular weight excluding hydrogens is 543 g/mol. The average Bonchev–Trinajstić information content (AvgIpc) is 2.99. The van der Waals surface area contributed by atoms with Crippen molar-refractivity contribution in [1.82, 2.24) is 9.97 Å². The van der Waals surface area contributed by atoms with Gasteiger partial charge in [-0.15, -0.1) is 5.75 Å². The Morgan fingerprint density at radius 3 is 1.38 bits per heavy atom. The second kappa shape index (κ2) is 14.7. The number of rotatable bonds is 3. The molecule has 42 heavy (non-hydrogen) atoms. The molecule has 0 aliphatic rings. The summed E-state index contributed by atoms with van der Waals surface area (Å²) in [5.74, 6) is 1.32. The molecule has 0 spiro atoms. The molecular formula is C34H29AlN2O5. The largest absolute Gasteiger partial charge is 3.00 e. The normalized spacial score (nSPS) is 10.0. The zero-order valence-corrected chi connectivity index (χ0v) is 25.0. The Hall–Kier alpha value is -4.77. The van der Waals surface area contributed by atoms with Crippen molar-refractivity contribution in [3.63, 3.8) is 0 Å². The molecule has 2 heterocycles. The van der Waals surface area contributed by atoms with Gasteiger partial charge in [-0.05, 0) is 37.1 Å². The number of pyridine rings is 2. The number of aryl methyl sites for hydroxylation is 2. The molecule has 6 rings (SSSR count). The molecule has 6 aromatic rings. The first-order chi connectivity index (χ1) is 19.8. The fourth-order valence-corrected chi connectivity index (χ4v) is 4.24. The van der Waals surface area contributed by atoms with Crippen LogP contribution in [-0.4, -0.2) is 41.5 Å². The topological polar surface area (TPSA) is 113 Å². The second-order valence-corrected chi connectivity index (χ2v) is 9.13. The number of aromatic nitrogens is 2. The molecule has 0 N–H and O–H groups in total. The van der Waals surface area contributed by atoms with E-state index in [2.05, 4.69) is 9.97 Å². The molecule has 0 atom stereocenters. The fourth-order valence-electron chi connectivity index (χ4n) is 4.24. The summed E-state index contributed by atoms with van der Waals surface area (Å²) in [5.41, 5.74) is 4.76. The minimum Gasteiger partial charge on any atom is -0.872 e. The van der Waals surface area contributed by atoms with E-state index in [1.54, 1.807) is 38.5 Å². The summed E-state index contributed by atoms with van der Waals surface area (Å²) < 4.78 is 10.4. The summed E-state index contributed by atoms with van der Waals surface area (Å²) in [4.78, 5) is 8.38. The summed E-state index contributed by atoms with van der Waals surface area (Å²) >= 11 is 0. The molecule has 0 amide bonds. The van der Waals surface area contributed by atoms with Crippen molar-refractivity contribution in [2.24, 2.45) is 0 Å². The Balaban J connectivity index is 0.000000171. The number of methoxy groups -OCH3 is 2. The van der Waals surface area contributed by atoms with E-state index >= 15 is 0 Å². The van der Waals surface area contributed by atoms with Crippen LogP contribution in [0.3, 0.4) is 0 Å². The number of nitrogens with zero attached hydrogens (tertiary/aromatic N) is 2. The number of benzene rings is 4. The zero-order chi connectivity index (χ0) is 29.4. The van der Waals surface area contributed by atoms with Crippen LogP contribution >= 0.6 is 0 Å². The van der Waals surface area contributed by atoms with Crippen molar-refractivity contribution in [2.75, 3.05) is 14.2 Å². The van der Waals surface area contributed by atoms with Gasteiger partial charge in [0.05, 0.1) is 25.3 Å². The van der Waals surface area contributed by atoms with Crippen LogP contribution in [-0.2, 0) is 0 Å². The van der Waals surface area contributed by atoms with Crippen LogP contribution in [0.25, 0.3) is 32.9 Å². The van der Waals surface area contributed by atoms with Gasteiger partial charge in [0.15, 0.2) is 0 Å². The van der Waals surface area contributed by atoms with Crippen molar-refractivity contribution in [3.8, 4) is 39.9 Å². The third-order valence-corrected chi connectivity index (χ3v) is 6.19. The van der Waals surface area contributed by atoms with Crippen LogP contribution < -0.4 is 24.8 Å². The summed E-state index contributed by atoms with van der Waals surface area (Å²) in [5, 5.41) is 35.4. The maximum Gasteiger partial charge on any atom is 3.00 e. The molecule has 0 saturated heterocycles. The third-order valence-electron chi connectivity index (χ3n) is 6.19. The molecule has 0 aliphatic carbocycles. The Bertz CT molecular complexity index is 1670. The molecule has 208 valence electrons. The third kappa shape index (κ3) is 7.70. The molecule has 8 heteroatoms. The van der Waals surface area contributed by atoms with Gasteiger partial charge < -0.3 is 24.8 Å². The minimum absolute atomic E-state index is 0. The standard InChI is InChI=1S/C12H10O.2C11H11NO2.Al/c13-12-8-6-11(7-9-12)10-4-2-1-3-5-10;2*1-7-6-10(14-2)8-4-3-5-9(13)11(8)12-7;/h1-9,13H;2*3-6,13H,1-2H3;/q;;;+3/p-3. The van der Waals surface area contributed by atoms with Gasteiger partial charge in [0.1, 0.15) is 11.5 Å². The van der Waals surface area contributed by atoms with Crippen LogP contribution in [0, 0.1) is 13.8 Å². The molecule has 0 unspecified atom stereocenters. The summed E-state index contributed by atoms with van der Waals surface area (Å²) in [6.45, 7) is 3.68. The number of hydrogen-bond acceptors (Lipinski definition) is 7. The first kappa shape index (κ1) is 31.8. The Kier molecular flexibility index (Phi) is 11.1. The van der Waals surface area contributed by atoms with Crippen LogP contribution in [0.15, 0.2) is 103 Å². The molecule has 2 aromatic heterocycles. The van der Waals surface area contributed by atoms with Gasteiger partial charge in [-0.2, -0.15) is 0 Å². The summed E-state index contributed by atoms with van der Waals surface area (Å²) in [7, 11) is 3.18. The quantitative estimate of drug-likeness (QED) is 0.265. The first-order valence-corrected chi connectivity index (χ1v) is 12.9. The van der Waals surface area contributed by atoms with E-state index in [9.17, 15) is 15.3 Å². The van der Waals surface area contributed by atoms with E-state index in [0.717, 1.165) is 33.3 Å². The average molecular weight is 573 g/mol. The van der Waals surface area contributed by atoms with Gasteiger partial charge in [0, 0.05) is 34.3 Å². The van der Waals surface area contributed by atoms with Gasteiger partial charge in [0.25, 0.3) is 0 Å². The van der Waals surface area contributed by atoms with Crippen LogP contribution in [0.4, 0.5) is 0 Å². The van der Waals surface area contributed by atoms with E-state index in [1.807, 2.05) is 80.6 Å². The first-order valence-electron chi connectivity index (χ1n) is 12.9. The van der Waals surface area contributed by atoms with E-state index in [4.69, 9.17) is 9.47 Å². The zero-order valence-electron chi connectivity index (χ0n) is 23.8. The Morgan fingerprint density at radius 2 is 0.952 bits per heavy atom. The molecule has 4 aromatic carbocycles. The predicted molar refractivity (Wildman–Crippen MR) is 162 cm³/mol. The number of fused-ring (bicyclic) bond motifs is 2. The maximum atomic E-state index is 11.5. The van der Waals surface area contributed by atoms with Crippen molar-refractivity contribution >= 4 is 39.2 Å². The Labute approximate surface area is 255 Å². The fraction of sp³-hybridized carbons (Fsp3) is 0.118. The summed E-state index contributed by atoms with van der Waals surface area (Å²) in [6.07, 6.45) is 0. The molecule has 0 bridgehead atoms. The monoisotopic (exact) mass is 572 g/mol. The maximum absolute atomic E-state index is 11.5. The van der Waals surface area contributed by atoms with Gasteiger partial charge in [-0.25, -0.2) is 0 Å². The molecule has 0 saturated carbocycles. The van der Waals surface area contributed by atoms with Crippen molar-refractivity contribution in [3.05, 3.63) is 115 Å². The van der Waals surface area contributed by atoms with Gasteiger partial charge in [-0.1, -0.05) is 90.4 Å². The molecule has 0 radical (unpaired) electrons. The van der Waals surface area contributed by atoms with E-state index in [1.165, 1.54) is 12.1 Å². The molecule has 0 fully saturated rings. The van der Waals surface area contributed by atoms with Crippen molar-refractivity contribution in [2.45, 2.75) is 13.8 Å². The predicted octanol–water partition coefficient (Wildman–Crippen LogP) is 5.30. The van der Waals surface area contributed by atoms with E-state index < -0.39 is 0 Å². The van der Waals surface area contributed by atoms with Crippen molar-refractivity contribution < 1.29 is 24.8 Å². The molecule has 7 nitrogen and oxygen atoms in total. The molecule has 0 aliphatic heterocycles.